The zero-order valence-electron chi connectivity index (χ0n) is 8.90. The van der Waals surface area contributed by atoms with E-state index < -0.39 is 5.97 Å². The van der Waals surface area contributed by atoms with E-state index in [0.29, 0.717) is 5.82 Å². The predicted molar refractivity (Wildman–Crippen MR) is 53.5 cm³/mol. The van der Waals surface area contributed by atoms with Gasteiger partial charge in [-0.25, -0.2) is 4.79 Å². The van der Waals surface area contributed by atoms with Gasteiger partial charge < -0.3 is 10.1 Å². The van der Waals surface area contributed by atoms with Gasteiger partial charge in [-0.15, -0.1) is 0 Å². The number of anilines is 1. The lowest BCUT2D eigenvalue weighted by Gasteiger charge is -2.05. The lowest BCUT2D eigenvalue weighted by atomic mass is 10.3. The zero-order valence-corrected chi connectivity index (χ0v) is 8.90. The van der Waals surface area contributed by atoms with Crippen LogP contribution in [0, 0.1) is 0 Å². The average Bonchev–Trinajstić information content (AvgIpc) is 2.48. The van der Waals surface area contributed by atoms with Crippen molar-refractivity contribution in [1.29, 1.82) is 0 Å². The van der Waals surface area contributed by atoms with Crippen molar-refractivity contribution >= 4 is 17.7 Å². The average molecular weight is 211 g/mol. The molecule has 15 heavy (non-hydrogen) atoms. The van der Waals surface area contributed by atoms with Crippen molar-refractivity contribution in [3.8, 4) is 0 Å². The molecule has 6 heteroatoms. The van der Waals surface area contributed by atoms with Crippen molar-refractivity contribution in [2.75, 3.05) is 11.9 Å². The Hall–Kier alpha value is -1.85. The number of esters is 1. The summed E-state index contributed by atoms with van der Waals surface area (Å²) in [5.41, 5.74) is 0.259. The van der Waals surface area contributed by atoms with Crippen molar-refractivity contribution in [3.63, 3.8) is 0 Å². The van der Waals surface area contributed by atoms with Gasteiger partial charge in [-0.3, -0.25) is 9.48 Å². The molecule has 0 aliphatic rings. The number of ether oxygens (including phenoxy) is 1. The predicted octanol–water partition coefficient (Wildman–Crippen LogP) is 0.555. The molecule has 0 saturated carbocycles. The van der Waals surface area contributed by atoms with Crippen LogP contribution in [0.1, 0.15) is 24.2 Å². The number of aryl methyl sites for hydroxylation is 1. The highest BCUT2D eigenvalue weighted by molar-refractivity contribution is 5.99. The van der Waals surface area contributed by atoms with E-state index in [4.69, 9.17) is 4.74 Å². The summed E-state index contributed by atoms with van der Waals surface area (Å²) in [6, 6.07) is 0. The molecule has 1 amide bonds. The van der Waals surface area contributed by atoms with Gasteiger partial charge in [-0.1, -0.05) is 0 Å². The summed E-state index contributed by atoms with van der Waals surface area (Å²) in [5, 5.41) is 6.40. The summed E-state index contributed by atoms with van der Waals surface area (Å²) in [6.45, 7) is 3.36. The molecule has 0 bridgehead atoms. The van der Waals surface area contributed by atoms with Gasteiger partial charge in [0.2, 0.25) is 5.91 Å². The number of carbonyl (C=O) groups excluding carboxylic acids is 2. The molecule has 1 N–H and O–H groups in total. The molecule has 0 aromatic carbocycles. The number of hydrogen-bond acceptors (Lipinski definition) is 4. The van der Waals surface area contributed by atoms with Crippen LogP contribution >= 0.6 is 0 Å². The minimum Gasteiger partial charge on any atom is -0.462 e. The molecule has 0 radical (unpaired) electrons. The number of aromatic nitrogens is 2. The molecule has 1 aromatic heterocycles. The summed E-state index contributed by atoms with van der Waals surface area (Å²) >= 11 is 0. The second kappa shape index (κ2) is 4.59. The van der Waals surface area contributed by atoms with Crippen LogP contribution in [-0.2, 0) is 16.6 Å². The van der Waals surface area contributed by atoms with Gasteiger partial charge in [0.15, 0.2) is 0 Å². The zero-order chi connectivity index (χ0) is 11.4. The lowest BCUT2D eigenvalue weighted by Crippen LogP contribution is -2.14. The molecule has 0 fully saturated rings. The van der Waals surface area contributed by atoms with Crippen LogP contribution in [0.4, 0.5) is 5.82 Å². The second-order valence-electron chi connectivity index (χ2n) is 2.93. The summed E-state index contributed by atoms with van der Waals surface area (Å²) in [5.74, 6) is -0.403. The van der Waals surface area contributed by atoms with Crippen LogP contribution in [0.3, 0.4) is 0 Å². The van der Waals surface area contributed by atoms with Gasteiger partial charge in [0.1, 0.15) is 11.4 Å². The van der Waals surface area contributed by atoms with Crippen molar-refractivity contribution in [1.82, 2.24) is 9.78 Å². The van der Waals surface area contributed by atoms with E-state index in [1.165, 1.54) is 17.8 Å². The van der Waals surface area contributed by atoms with Crippen LogP contribution in [0.15, 0.2) is 6.20 Å². The third-order valence-electron chi connectivity index (χ3n) is 1.73. The SMILES string of the molecule is CCOC(=O)c1cnn(C)c1NC(C)=O. The van der Waals surface area contributed by atoms with Gasteiger partial charge in [0, 0.05) is 14.0 Å². The number of hydrogen-bond donors (Lipinski definition) is 1. The van der Waals surface area contributed by atoms with E-state index in [1.807, 2.05) is 0 Å². The third kappa shape index (κ3) is 2.55. The Morgan fingerprint density at radius 3 is 2.80 bits per heavy atom. The highest BCUT2D eigenvalue weighted by atomic mass is 16.5. The molecular formula is C9H13N3O3. The first-order valence-electron chi connectivity index (χ1n) is 4.53. The van der Waals surface area contributed by atoms with Crippen LogP contribution < -0.4 is 5.32 Å². The minimum absolute atomic E-state index is 0.259. The van der Waals surface area contributed by atoms with E-state index in [-0.39, 0.29) is 18.1 Å². The number of carbonyl (C=O) groups is 2. The summed E-state index contributed by atoms with van der Waals surface area (Å²) in [4.78, 5) is 22.3. The molecule has 1 aromatic rings. The van der Waals surface area contributed by atoms with E-state index in [1.54, 1.807) is 14.0 Å². The van der Waals surface area contributed by atoms with Gasteiger partial charge in [-0.2, -0.15) is 5.10 Å². The Morgan fingerprint density at radius 1 is 1.60 bits per heavy atom. The fourth-order valence-electron chi connectivity index (χ4n) is 1.11. The minimum atomic E-state index is -0.491. The highest BCUT2D eigenvalue weighted by Gasteiger charge is 2.17. The maximum atomic E-state index is 11.4. The normalized spacial score (nSPS) is 9.80. The Bertz CT molecular complexity index is 384. The van der Waals surface area contributed by atoms with Crippen LogP contribution in [0.25, 0.3) is 0 Å². The van der Waals surface area contributed by atoms with E-state index in [9.17, 15) is 9.59 Å². The molecule has 0 spiro atoms. The smallest absolute Gasteiger partial charge is 0.343 e. The Labute approximate surface area is 87.2 Å². The fourth-order valence-corrected chi connectivity index (χ4v) is 1.11. The highest BCUT2D eigenvalue weighted by Crippen LogP contribution is 2.14. The largest absolute Gasteiger partial charge is 0.462 e. The molecule has 0 aliphatic heterocycles. The summed E-state index contributed by atoms with van der Waals surface area (Å²) in [7, 11) is 1.63. The second-order valence-corrected chi connectivity index (χ2v) is 2.93. The van der Waals surface area contributed by atoms with Gasteiger partial charge in [0.05, 0.1) is 12.8 Å². The molecule has 82 valence electrons. The van der Waals surface area contributed by atoms with Crippen LogP contribution in [0.5, 0.6) is 0 Å². The summed E-state index contributed by atoms with van der Waals surface area (Å²) in [6.07, 6.45) is 1.36. The number of amides is 1. The third-order valence-corrected chi connectivity index (χ3v) is 1.73. The topological polar surface area (TPSA) is 73.2 Å². The van der Waals surface area contributed by atoms with E-state index >= 15 is 0 Å². The first-order valence-corrected chi connectivity index (χ1v) is 4.53. The first-order chi connectivity index (χ1) is 7.06. The van der Waals surface area contributed by atoms with Gasteiger partial charge in [-0.05, 0) is 6.92 Å². The molecule has 0 aliphatic carbocycles. The Morgan fingerprint density at radius 2 is 2.27 bits per heavy atom. The number of nitrogens with one attached hydrogen (secondary N) is 1. The van der Waals surface area contributed by atoms with Crippen LogP contribution in [-0.4, -0.2) is 28.3 Å². The molecule has 0 atom stereocenters. The maximum Gasteiger partial charge on any atom is 0.343 e. The van der Waals surface area contributed by atoms with E-state index in [0.717, 1.165) is 0 Å². The fraction of sp³-hybridized carbons (Fsp3) is 0.444. The number of nitrogens with zero attached hydrogens (tertiary/aromatic N) is 2. The number of rotatable bonds is 3. The monoisotopic (exact) mass is 211 g/mol. The molecule has 1 heterocycles. The van der Waals surface area contributed by atoms with Crippen molar-refractivity contribution in [2.45, 2.75) is 13.8 Å². The lowest BCUT2D eigenvalue weighted by molar-refractivity contribution is -0.114. The van der Waals surface area contributed by atoms with Crippen LogP contribution in [0.2, 0.25) is 0 Å². The molecule has 0 saturated heterocycles. The quantitative estimate of drug-likeness (QED) is 0.741. The van der Waals surface area contributed by atoms with Crippen molar-refractivity contribution in [3.05, 3.63) is 11.8 Å². The Kier molecular flexibility index (Phi) is 3.43. The van der Waals surface area contributed by atoms with Gasteiger partial charge in [0.25, 0.3) is 0 Å². The first kappa shape index (κ1) is 11.2. The van der Waals surface area contributed by atoms with Gasteiger partial charge >= 0.3 is 5.97 Å². The standard InChI is InChI=1S/C9H13N3O3/c1-4-15-9(14)7-5-10-12(3)8(7)11-6(2)13/h5H,4H2,1-3H3,(H,11,13). The van der Waals surface area contributed by atoms with E-state index in [2.05, 4.69) is 10.4 Å². The molecule has 6 nitrogen and oxygen atoms in total. The molecule has 1 rings (SSSR count). The Balaban J connectivity index is 2.97. The maximum absolute atomic E-state index is 11.4. The van der Waals surface area contributed by atoms with Crippen molar-refractivity contribution < 1.29 is 14.3 Å². The molecular weight excluding hydrogens is 198 g/mol. The summed E-state index contributed by atoms with van der Waals surface area (Å²) < 4.78 is 6.23. The molecule has 0 unspecified atom stereocenters. The van der Waals surface area contributed by atoms with Crippen molar-refractivity contribution in [2.24, 2.45) is 7.05 Å².